The van der Waals surface area contributed by atoms with Crippen molar-refractivity contribution < 1.29 is 0 Å². The Kier molecular flexibility index (Phi) is 5.95. The van der Waals surface area contributed by atoms with E-state index >= 15 is 0 Å². The van der Waals surface area contributed by atoms with Gasteiger partial charge in [-0.05, 0) is 38.2 Å². The normalized spacial score (nSPS) is 17.7. The molecule has 0 amide bonds. The van der Waals surface area contributed by atoms with Crippen LogP contribution >= 0.6 is 0 Å². The van der Waals surface area contributed by atoms with Crippen LogP contribution in [0.5, 0.6) is 0 Å². The van der Waals surface area contributed by atoms with Crippen LogP contribution in [-0.4, -0.2) is 38.1 Å². The highest BCUT2D eigenvalue weighted by Crippen LogP contribution is 2.33. The minimum Gasteiger partial charge on any atom is -0.382 e. The fourth-order valence-corrected chi connectivity index (χ4v) is 5.04. The summed E-state index contributed by atoms with van der Waals surface area (Å²) >= 11 is 0. The van der Waals surface area contributed by atoms with E-state index in [1.807, 2.05) is 12.1 Å². The van der Waals surface area contributed by atoms with Crippen molar-refractivity contribution in [3.63, 3.8) is 0 Å². The Balaban J connectivity index is 1.43. The molecule has 0 unspecified atom stereocenters. The minimum absolute atomic E-state index is 0.537. The van der Waals surface area contributed by atoms with Crippen molar-refractivity contribution in [3.05, 3.63) is 42.2 Å². The average Bonchev–Trinajstić information content (AvgIpc) is 3.06. The molecule has 0 radical (unpaired) electrons. The van der Waals surface area contributed by atoms with E-state index in [0.717, 1.165) is 72.2 Å². The number of rotatable bonds is 9. The van der Waals surface area contributed by atoms with Crippen LogP contribution < -0.4 is 5.73 Å². The van der Waals surface area contributed by atoms with E-state index in [2.05, 4.69) is 45.7 Å². The topological polar surface area (TPSA) is 60.0 Å². The molecule has 1 aromatic carbocycles. The predicted octanol–water partition coefficient (Wildman–Crippen LogP) is 5.47. The molecule has 5 rings (SSSR count). The molecule has 0 atom stereocenters. The number of allylic oxidation sites excluding steroid dienone is 1. The summed E-state index contributed by atoms with van der Waals surface area (Å²) in [5.74, 6) is 1.66. The molecule has 5 heteroatoms. The van der Waals surface area contributed by atoms with E-state index in [9.17, 15) is 0 Å². The van der Waals surface area contributed by atoms with E-state index in [1.54, 1.807) is 0 Å². The van der Waals surface area contributed by atoms with Gasteiger partial charge in [-0.1, -0.05) is 56.5 Å². The van der Waals surface area contributed by atoms with E-state index in [-0.39, 0.29) is 0 Å². The third-order valence-corrected chi connectivity index (χ3v) is 7.30. The van der Waals surface area contributed by atoms with Gasteiger partial charge in [0.05, 0.1) is 11.0 Å². The maximum Gasteiger partial charge on any atom is 0.152 e. The van der Waals surface area contributed by atoms with Gasteiger partial charge < -0.3 is 10.3 Å². The van der Waals surface area contributed by atoms with Crippen LogP contribution in [0.15, 0.2) is 36.4 Å². The molecule has 2 aliphatic carbocycles. The largest absolute Gasteiger partial charge is 0.382 e. The zero-order valence-electron chi connectivity index (χ0n) is 18.8. The number of nitrogens with two attached hydrogens (primary N) is 1. The molecular formula is C26H35N5. The number of aromatic nitrogens is 3. The number of pyridine rings is 1. The fraction of sp³-hybridized carbons (Fsp3) is 0.538. The number of nitrogen functional groups attached to an aromatic ring is 1. The Hall–Kier alpha value is -2.40. The molecule has 0 bridgehead atoms. The van der Waals surface area contributed by atoms with Crippen LogP contribution in [0.2, 0.25) is 0 Å². The summed E-state index contributed by atoms with van der Waals surface area (Å²) in [5.41, 5.74) is 9.26. The molecule has 31 heavy (non-hydrogen) atoms. The SMILES string of the molecule is CCCCc1nc2c(N)nc3ccccc3c2n1C/C=C/CN(C1CCC1)C1CCC1. The van der Waals surface area contributed by atoms with Crippen molar-refractivity contribution in [3.8, 4) is 0 Å². The predicted molar refractivity (Wildman–Crippen MR) is 129 cm³/mol. The Morgan fingerprint density at radius 3 is 2.48 bits per heavy atom. The molecular weight excluding hydrogens is 382 g/mol. The van der Waals surface area contributed by atoms with Crippen LogP contribution in [0.3, 0.4) is 0 Å². The first kappa shape index (κ1) is 20.5. The van der Waals surface area contributed by atoms with Crippen LogP contribution in [0.25, 0.3) is 21.9 Å². The number of hydrogen-bond donors (Lipinski definition) is 1. The third kappa shape index (κ3) is 3.96. The van der Waals surface area contributed by atoms with Crippen molar-refractivity contribution >= 4 is 27.8 Å². The van der Waals surface area contributed by atoms with Crippen LogP contribution in [-0.2, 0) is 13.0 Å². The molecule has 3 aromatic rings. The molecule has 2 aliphatic rings. The number of unbranched alkanes of at least 4 members (excludes halogenated alkanes) is 1. The third-order valence-electron chi connectivity index (χ3n) is 7.30. The maximum absolute atomic E-state index is 6.33. The summed E-state index contributed by atoms with van der Waals surface area (Å²) in [6.45, 7) is 4.15. The van der Waals surface area contributed by atoms with Gasteiger partial charge in [0.2, 0.25) is 0 Å². The summed E-state index contributed by atoms with van der Waals surface area (Å²) < 4.78 is 2.37. The van der Waals surface area contributed by atoms with Crippen molar-refractivity contribution in [1.29, 1.82) is 0 Å². The first-order chi connectivity index (χ1) is 15.3. The lowest BCUT2D eigenvalue weighted by Crippen LogP contribution is -2.49. The molecule has 0 saturated heterocycles. The lowest BCUT2D eigenvalue weighted by Gasteiger charge is -2.45. The lowest BCUT2D eigenvalue weighted by molar-refractivity contribution is 0.0520. The standard InChI is InChI=1S/C26H35N5/c1-2-3-16-23-29-24-25(21-14-4-5-15-22(21)28-26(24)27)31(23)18-7-6-17-30(19-10-8-11-19)20-12-9-13-20/h4-7,14-15,19-20H,2-3,8-13,16-18H2,1H3,(H2,27,28)/b7-6+. The van der Waals surface area contributed by atoms with Crippen LogP contribution in [0, 0.1) is 0 Å². The summed E-state index contributed by atoms with van der Waals surface area (Å²) in [5, 5.41) is 1.14. The summed E-state index contributed by atoms with van der Waals surface area (Å²) in [6.07, 6.45) is 16.3. The Morgan fingerprint density at radius 2 is 1.81 bits per heavy atom. The lowest BCUT2D eigenvalue weighted by atomic mass is 9.84. The Bertz CT molecular complexity index is 1060. The van der Waals surface area contributed by atoms with Gasteiger partial charge in [-0.2, -0.15) is 0 Å². The quantitative estimate of drug-likeness (QED) is 0.469. The highest BCUT2D eigenvalue weighted by atomic mass is 15.2. The Labute approximate surface area is 185 Å². The number of fused-ring (bicyclic) bond motifs is 3. The van der Waals surface area contributed by atoms with E-state index < -0.39 is 0 Å². The molecule has 2 N–H and O–H groups in total. The van der Waals surface area contributed by atoms with Gasteiger partial charge in [0.1, 0.15) is 11.3 Å². The summed E-state index contributed by atoms with van der Waals surface area (Å²) in [7, 11) is 0. The second-order valence-electron chi connectivity index (χ2n) is 9.29. The van der Waals surface area contributed by atoms with Crippen molar-refractivity contribution in [2.24, 2.45) is 0 Å². The number of imidazole rings is 1. The van der Waals surface area contributed by atoms with Gasteiger partial charge in [0, 0.05) is 37.0 Å². The second-order valence-corrected chi connectivity index (χ2v) is 9.29. The average molecular weight is 418 g/mol. The van der Waals surface area contributed by atoms with Crippen molar-refractivity contribution in [1.82, 2.24) is 19.4 Å². The number of hydrogen-bond acceptors (Lipinski definition) is 4. The highest BCUT2D eigenvalue weighted by Gasteiger charge is 2.32. The smallest absolute Gasteiger partial charge is 0.152 e. The maximum atomic E-state index is 6.33. The monoisotopic (exact) mass is 417 g/mol. The first-order valence-electron chi connectivity index (χ1n) is 12.2. The molecule has 2 fully saturated rings. The first-order valence-corrected chi connectivity index (χ1v) is 12.2. The number of nitrogens with zero attached hydrogens (tertiary/aromatic N) is 4. The highest BCUT2D eigenvalue weighted by molar-refractivity contribution is 6.06. The second kappa shape index (κ2) is 8.99. The van der Waals surface area contributed by atoms with Gasteiger partial charge in [0.25, 0.3) is 0 Å². The zero-order chi connectivity index (χ0) is 21.2. The molecule has 0 spiro atoms. The van der Waals surface area contributed by atoms with Crippen LogP contribution in [0.4, 0.5) is 5.82 Å². The molecule has 5 nitrogen and oxygen atoms in total. The zero-order valence-corrected chi connectivity index (χ0v) is 18.8. The summed E-state index contributed by atoms with van der Waals surface area (Å²) in [6, 6.07) is 9.92. The van der Waals surface area contributed by atoms with Gasteiger partial charge >= 0.3 is 0 Å². The van der Waals surface area contributed by atoms with Gasteiger partial charge in [-0.15, -0.1) is 0 Å². The summed E-state index contributed by atoms with van der Waals surface area (Å²) in [4.78, 5) is 12.3. The fourth-order valence-electron chi connectivity index (χ4n) is 5.04. The number of para-hydroxylation sites is 1. The number of benzene rings is 1. The molecule has 2 aromatic heterocycles. The van der Waals surface area contributed by atoms with E-state index in [1.165, 1.54) is 38.5 Å². The van der Waals surface area contributed by atoms with Crippen molar-refractivity contribution in [2.45, 2.75) is 83.3 Å². The molecule has 2 saturated carbocycles. The van der Waals surface area contributed by atoms with Crippen molar-refractivity contribution in [2.75, 3.05) is 12.3 Å². The Morgan fingerprint density at radius 1 is 1.06 bits per heavy atom. The molecule has 2 heterocycles. The number of aryl methyl sites for hydroxylation is 1. The van der Waals surface area contributed by atoms with Gasteiger partial charge in [-0.3, -0.25) is 4.90 Å². The van der Waals surface area contributed by atoms with Crippen LogP contribution in [0.1, 0.15) is 64.1 Å². The van der Waals surface area contributed by atoms with E-state index in [0.29, 0.717) is 5.82 Å². The number of anilines is 1. The van der Waals surface area contributed by atoms with E-state index in [4.69, 9.17) is 10.7 Å². The van der Waals surface area contributed by atoms with Gasteiger partial charge in [-0.25, -0.2) is 9.97 Å². The molecule has 164 valence electrons. The minimum atomic E-state index is 0.537. The van der Waals surface area contributed by atoms with Gasteiger partial charge in [0.15, 0.2) is 5.82 Å². The molecule has 0 aliphatic heterocycles.